The maximum Gasteiger partial charge on any atom is 0.407 e. The Kier molecular flexibility index (Phi) is 7.95. The summed E-state index contributed by atoms with van der Waals surface area (Å²) in [5.74, 6) is 0.667. The molecule has 4 nitrogen and oxygen atoms in total. The van der Waals surface area contributed by atoms with Gasteiger partial charge < -0.3 is 15.2 Å². The molecular formula is C22H35NO3. The molecule has 0 aromatic heterocycles. The Morgan fingerprint density at radius 3 is 2.69 bits per heavy atom. The van der Waals surface area contributed by atoms with E-state index >= 15 is 0 Å². The molecule has 0 bridgehead atoms. The Bertz CT molecular complexity index is 559. The van der Waals surface area contributed by atoms with E-state index in [1.165, 1.54) is 37.7 Å². The van der Waals surface area contributed by atoms with Crippen molar-refractivity contribution in [2.45, 2.75) is 83.8 Å². The van der Waals surface area contributed by atoms with E-state index in [0.29, 0.717) is 12.5 Å². The molecule has 0 spiro atoms. The van der Waals surface area contributed by atoms with Crippen molar-refractivity contribution in [1.82, 2.24) is 5.32 Å². The molecule has 1 saturated carbocycles. The van der Waals surface area contributed by atoms with E-state index in [1.807, 2.05) is 32.9 Å². The molecule has 0 aliphatic heterocycles. The minimum Gasteiger partial charge on any atom is -0.444 e. The van der Waals surface area contributed by atoms with Crippen LogP contribution in [0, 0.1) is 5.92 Å². The quantitative estimate of drug-likeness (QED) is 0.661. The van der Waals surface area contributed by atoms with E-state index in [9.17, 15) is 9.90 Å². The molecular weight excluding hydrogens is 326 g/mol. The van der Waals surface area contributed by atoms with Gasteiger partial charge in [-0.15, -0.1) is 0 Å². The van der Waals surface area contributed by atoms with Gasteiger partial charge in [-0.05, 0) is 57.1 Å². The molecule has 1 aromatic carbocycles. The van der Waals surface area contributed by atoms with Gasteiger partial charge in [0, 0.05) is 6.54 Å². The number of aryl methyl sites for hydroxylation is 1. The fraction of sp³-hybridized carbons (Fsp3) is 0.682. The maximum atomic E-state index is 11.6. The number of carbonyl (C=O) groups is 1. The highest BCUT2D eigenvalue weighted by Crippen LogP contribution is 2.32. The summed E-state index contributed by atoms with van der Waals surface area (Å²) in [5.41, 5.74) is 1.76. The number of hydrogen-bond donors (Lipinski definition) is 2. The van der Waals surface area contributed by atoms with Crippen molar-refractivity contribution < 1.29 is 14.6 Å². The number of amides is 1. The fourth-order valence-corrected chi connectivity index (χ4v) is 3.63. The summed E-state index contributed by atoms with van der Waals surface area (Å²) in [4.78, 5) is 11.6. The van der Waals surface area contributed by atoms with Gasteiger partial charge in [0.15, 0.2) is 0 Å². The van der Waals surface area contributed by atoms with Gasteiger partial charge in [0.05, 0.1) is 6.10 Å². The van der Waals surface area contributed by atoms with Crippen molar-refractivity contribution in [1.29, 1.82) is 0 Å². The smallest absolute Gasteiger partial charge is 0.407 e. The zero-order chi connectivity index (χ0) is 19.0. The van der Waals surface area contributed by atoms with Gasteiger partial charge in [0.1, 0.15) is 5.60 Å². The topological polar surface area (TPSA) is 58.6 Å². The molecule has 146 valence electrons. The summed E-state index contributed by atoms with van der Waals surface area (Å²) < 4.78 is 5.23. The van der Waals surface area contributed by atoms with Crippen LogP contribution in [-0.2, 0) is 11.2 Å². The summed E-state index contributed by atoms with van der Waals surface area (Å²) >= 11 is 0. The second-order valence-electron chi connectivity index (χ2n) is 8.53. The normalized spacial score (nSPS) is 16.9. The summed E-state index contributed by atoms with van der Waals surface area (Å²) in [6, 6.07) is 8.25. The van der Waals surface area contributed by atoms with Crippen molar-refractivity contribution in [3.63, 3.8) is 0 Å². The van der Waals surface area contributed by atoms with Crippen molar-refractivity contribution >= 4 is 6.09 Å². The Hall–Kier alpha value is -1.55. The van der Waals surface area contributed by atoms with E-state index in [0.717, 1.165) is 24.8 Å². The average Bonchev–Trinajstić information content (AvgIpc) is 2.58. The highest BCUT2D eigenvalue weighted by atomic mass is 16.6. The van der Waals surface area contributed by atoms with E-state index in [2.05, 4.69) is 17.4 Å². The largest absolute Gasteiger partial charge is 0.444 e. The number of hydrogen-bond acceptors (Lipinski definition) is 3. The molecule has 26 heavy (non-hydrogen) atoms. The first kappa shape index (κ1) is 20.8. The summed E-state index contributed by atoms with van der Waals surface area (Å²) in [7, 11) is 0. The zero-order valence-electron chi connectivity index (χ0n) is 16.6. The molecule has 4 heteroatoms. The number of nitrogens with one attached hydrogen (secondary N) is 1. The number of alkyl carbamates (subject to hydrolysis) is 1. The molecule has 0 radical (unpaired) electrons. The second-order valence-corrected chi connectivity index (χ2v) is 8.53. The third kappa shape index (κ3) is 7.77. The van der Waals surface area contributed by atoms with Gasteiger partial charge in [-0.25, -0.2) is 4.79 Å². The molecule has 1 amide bonds. The summed E-state index contributed by atoms with van der Waals surface area (Å²) in [6.45, 7) is 6.16. The molecule has 2 N–H and O–H groups in total. The van der Waals surface area contributed by atoms with Crippen LogP contribution in [0.4, 0.5) is 4.79 Å². The van der Waals surface area contributed by atoms with Gasteiger partial charge >= 0.3 is 6.09 Å². The van der Waals surface area contributed by atoms with Crippen molar-refractivity contribution in [3.05, 3.63) is 35.4 Å². The van der Waals surface area contributed by atoms with Crippen molar-refractivity contribution in [3.8, 4) is 0 Å². The Morgan fingerprint density at radius 1 is 1.27 bits per heavy atom. The standard InChI is InChI=1S/C22H35NO3/c1-22(2,3)26-21(25)23-14-8-12-17-11-7-13-19(15-17)20(24)16-18-9-5-4-6-10-18/h7,11,13,15,18,20,24H,4-6,8-10,12,14,16H2,1-3H3,(H,23,25). The molecule has 1 aliphatic carbocycles. The van der Waals surface area contributed by atoms with Gasteiger partial charge in [-0.2, -0.15) is 0 Å². The lowest BCUT2D eigenvalue weighted by molar-refractivity contribution is 0.0527. The van der Waals surface area contributed by atoms with Gasteiger partial charge in [-0.3, -0.25) is 0 Å². The van der Waals surface area contributed by atoms with Crippen LogP contribution in [0.1, 0.15) is 82.9 Å². The maximum absolute atomic E-state index is 11.6. The number of rotatable bonds is 7. The van der Waals surface area contributed by atoms with E-state index in [-0.39, 0.29) is 12.2 Å². The highest BCUT2D eigenvalue weighted by molar-refractivity contribution is 5.67. The number of aliphatic hydroxyl groups excluding tert-OH is 1. The average molecular weight is 362 g/mol. The van der Waals surface area contributed by atoms with Crippen LogP contribution < -0.4 is 5.32 Å². The van der Waals surface area contributed by atoms with Crippen molar-refractivity contribution in [2.24, 2.45) is 5.92 Å². The Labute approximate surface area is 158 Å². The van der Waals surface area contributed by atoms with Crippen molar-refractivity contribution in [2.75, 3.05) is 6.54 Å². The molecule has 0 heterocycles. The van der Waals surface area contributed by atoms with Crippen LogP contribution >= 0.6 is 0 Å². The molecule has 1 aliphatic rings. The first-order valence-corrected chi connectivity index (χ1v) is 10.1. The predicted molar refractivity (Wildman–Crippen MR) is 105 cm³/mol. The first-order chi connectivity index (χ1) is 12.3. The fourth-order valence-electron chi connectivity index (χ4n) is 3.63. The van der Waals surface area contributed by atoms with Gasteiger partial charge in [0.2, 0.25) is 0 Å². The van der Waals surface area contributed by atoms with E-state index in [1.54, 1.807) is 0 Å². The minimum absolute atomic E-state index is 0.363. The Morgan fingerprint density at radius 2 is 2.00 bits per heavy atom. The van der Waals surface area contributed by atoms with Crippen LogP contribution in [0.2, 0.25) is 0 Å². The monoisotopic (exact) mass is 361 g/mol. The highest BCUT2D eigenvalue weighted by Gasteiger charge is 2.19. The first-order valence-electron chi connectivity index (χ1n) is 10.1. The molecule has 1 fully saturated rings. The lowest BCUT2D eigenvalue weighted by Gasteiger charge is -2.24. The number of aliphatic hydroxyl groups is 1. The molecule has 1 aromatic rings. The van der Waals surface area contributed by atoms with E-state index in [4.69, 9.17) is 4.74 Å². The van der Waals surface area contributed by atoms with Gasteiger partial charge in [0.25, 0.3) is 0 Å². The number of benzene rings is 1. The molecule has 1 atom stereocenters. The van der Waals surface area contributed by atoms with Crippen LogP contribution in [0.25, 0.3) is 0 Å². The SMILES string of the molecule is CC(C)(C)OC(=O)NCCCc1cccc(C(O)CC2CCCCC2)c1. The zero-order valence-corrected chi connectivity index (χ0v) is 16.6. The number of carbonyl (C=O) groups excluding carboxylic acids is 1. The molecule has 2 rings (SSSR count). The van der Waals surface area contributed by atoms with Crippen LogP contribution in [-0.4, -0.2) is 23.3 Å². The third-order valence-corrected chi connectivity index (χ3v) is 4.93. The lowest BCUT2D eigenvalue weighted by atomic mass is 9.84. The van der Waals surface area contributed by atoms with Gasteiger partial charge in [-0.1, -0.05) is 56.4 Å². The van der Waals surface area contributed by atoms with Crippen LogP contribution in [0.5, 0.6) is 0 Å². The predicted octanol–water partition coefficient (Wildman–Crippen LogP) is 5.15. The summed E-state index contributed by atoms with van der Waals surface area (Å²) in [6.07, 6.45) is 8.35. The Balaban J connectivity index is 1.75. The summed E-state index contributed by atoms with van der Waals surface area (Å²) in [5, 5.41) is 13.4. The second kappa shape index (κ2) is 9.96. The minimum atomic E-state index is -0.465. The number of ether oxygens (including phenoxy) is 1. The van der Waals surface area contributed by atoms with E-state index < -0.39 is 5.60 Å². The molecule has 0 saturated heterocycles. The lowest BCUT2D eigenvalue weighted by Crippen LogP contribution is -2.33. The molecule has 1 unspecified atom stereocenters. The van der Waals surface area contributed by atoms with Crippen LogP contribution in [0.3, 0.4) is 0 Å². The van der Waals surface area contributed by atoms with Crippen LogP contribution in [0.15, 0.2) is 24.3 Å². The third-order valence-electron chi connectivity index (χ3n) is 4.93.